The van der Waals surface area contributed by atoms with E-state index in [0.717, 1.165) is 32.5 Å². The van der Waals surface area contributed by atoms with Gasteiger partial charge >= 0.3 is 0 Å². The van der Waals surface area contributed by atoms with Crippen LogP contribution in [0.2, 0.25) is 0 Å². The van der Waals surface area contributed by atoms with Crippen LogP contribution in [-0.4, -0.2) is 41.0 Å². The predicted octanol–water partition coefficient (Wildman–Crippen LogP) is 2.64. The summed E-state index contributed by atoms with van der Waals surface area (Å²) in [7, 11) is 3.73. The normalized spacial score (nSPS) is 22.4. The molecule has 2 aromatic rings. The lowest BCUT2D eigenvalue weighted by Crippen LogP contribution is -2.44. The Balaban J connectivity index is 1.64. The fourth-order valence-corrected chi connectivity index (χ4v) is 3.47. The maximum absolute atomic E-state index is 13.1. The lowest BCUT2D eigenvalue weighted by Gasteiger charge is -2.38. The first-order chi connectivity index (χ1) is 11.1. The summed E-state index contributed by atoms with van der Waals surface area (Å²) < 4.78 is 20.6. The average Bonchev–Trinajstić information content (AvgIpc) is 2.95. The van der Waals surface area contributed by atoms with Gasteiger partial charge in [0.1, 0.15) is 5.82 Å². The van der Waals surface area contributed by atoms with Crippen LogP contribution in [0.5, 0.6) is 0 Å². The molecule has 1 saturated heterocycles. The van der Waals surface area contributed by atoms with E-state index in [1.165, 1.54) is 23.3 Å². The molecule has 23 heavy (non-hydrogen) atoms. The SMILES string of the molecule is CO[C@@H]1CCN(Cc2cnn(C)c2)C[C@H]1Cc1ccc(F)cc1. The molecular weight excluding hydrogens is 293 g/mol. The Kier molecular flexibility index (Phi) is 5.08. The molecule has 1 aliphatic rings. The van der Waals surface area contributed by atoms with Gasteiger partial charge in [-0.2, -0.15) is 5.10 Å². The Morgan fingerprint density at radius 3 is 2.70 bits per heavy atom. The van der Waals surface area contributed by atoms with Gasteiger partial charge in [0, 0.05) is 51.5 Å². The molecule has 2 heterocycles. The molecule has 2 atom stereocenters. The van der Waals surface area contributed by atoms with Crippen molar-refractivity contribution < 1.29 is 9.13 Å². The number of ether oxygens (including phenoxy) is 1. The molecule has 1 aliphatic heterocycles. The number of benzene rings is 1. The van der Waals surface area contributed by atoms with E-state index in [1.807, 2.05) is 30.1 Å². The minimum absolute atomic E-state index is 0.182. The van der Waals surface area contributed by atoms with Crippen molar-refractivity contribution in [2.45, 2.75) is 25.5 Å². The summed E-state index contributed by atoms with van der Waals surface area (Å²) in [5.74, 6) is 0.245. The first kappa shape index (κ1) is 16.1. The molecule has 0 amide bonds. The lowest BCUT2D eigenvalue weighted by molar-refractivity contribution is -0.00849. The van der Waals surface area contributed by atoms with Crippen molar-refractivity contribution >= 4 is 0 Å². The molecule has 0 unspecified atom stereocenters. The molecule has 0 N–H and O–H groups in total. The average molecular weight is 317 g/mol. The maximum atomic E-state index is 13.1. The largest absolute Gasteiger partial charge is 0.381 e. The van der Waals surface area contributed by atoms with E-state index >= 15 is 0 Å². The van der Waals surface area contributed by atoms with E-state index in [-0.39, 0.29) is 11.9 Å². The van der Waals surface area contributed by atoms with E-state index in [4.69, 9.17) is 4.74 Å². The predicted molar refractivity (Wildman–Crippen MR) is 87.5 cm³/mol. The number of hydrogen-bond acceptors (Lipinski definition) is 3. The summed E-state index contributed by atoms with van der Waals surface area (Å²) in [4.78, 5) is 2.46. The maximum Gasteiger partial charge on any atom is 0.123 e. The van der Waals surface area contributed by atoms with E-state index in [1.54, 1.807) is 7.11 Å². The molecule has 1 aromatic heterocycles. The number of aryl methyl sites for hydroxylation is 1. The first-order valence-corrected chi connectivity index (χ1v) is 8.11. The topological polar surface area (TPSA) is 30.3 Å². The van der Waals surface area contributed by atoms with Gasteiger partial charge in [-0.05, 0) is 30.5 Å². The highest BCUT2D eigenvalue weighted by molar-refractivity contribution is 5.17. The zero-order valence-electron chi connectivity index (χ0n) is 13.8. The van der Waals surface area contributed by atoms with Gasteiger partial charge in [-0.1, -0.05) is 12.1 Å². The second kappa shape index (κ2) is 7.23. The second-order valence-electron chi connectivity index (χ2n) is 6.41. The molecule has 0 radical (unpaired) electrons. The van der Waals surface area contributed by atoms with Crippen molar-refractivity contribution in [1.82, 2.24) is 14.7 Å². The molecule has 124 valence electrons. The second-order valence-corrected chi connectivity index (χ2v) is 6.41. The molecule has 4 nitrogen and oxygen atoms in total. The van der Waals surface area contributed by atoms with Gasteiger partial charge < -0.3 is 4.74 Å². The van der Waals surface area contributed by atoms with E-state index in [9.17, 15) is 4.39 Å². The summed E-state index contributed by atoms with van der Waals surface area (Å²) in [6.45, 7) is 2.95. The minimum atomic E-state index is -0.182. The zero-order chi connectivity index (χ0) is 16.2. The Bertz CT molecular complexity index is 625. The van der Waals surface area contributed by atoms with Gasteiger partial charge in [-0.25, -0.2) is 4.39 Å². The third-order valence-electron chi connectivity index (χ3n) is 4.63. The van der Waals surface area contributed by atoms with Crippen LogP contribution in [0, 0.1) is 11.7 Å². The van der Waals surface area contributed by atoms with Crippen molar-refractivity contribution in [3.63, 3.8) is 0 Å². The van der Waals surface area contributed by atoms with Gasteiger partial charge in [0.25, 0.3) is 0 Å². The van der Waals surface area contributed by atoms with Crippen molar-refractivity contribution in [2.75, 3.05) is 20.2 Å². The Labute approximate surface area is 136 Å². The van der Waals surface area contributed by atoms with Crippen LogP contribution in [0.1, 0.15) is 17.5 Å². The molecule has 0 spiro atoms. The van der Waals surface area contributed by atoms with Gasteiger partial charge in [-0.15, -0.1) is 0 Å². The summed E-state index contributed by atoms with van der Waals surface area (Å²) in [5, 5.41) is 4.24. The highest BCUT2D eigenvalue weighted by Gasteiger charge is 2.29. The third kappa shape index (κ3) is 4.18. The van der Waals surface area contributed by atoms with Crippen LogP contribution >= 0.6 is 0 Å². The molecular formula is C18H24FN3O. The van der Waals surface area contributed by atoms with Gasteiger partial charge in [0.2, 0.25) is 0 Å². The van der Waals surface area contributed by atoms with Crippen LogP contribution in [0.25, 0.3) is 0 Å². The number of piperidine rings is 1. The van der Waals surface area contributed by atoms with Gasteiger partial charge in [0.05, 0.1) is 12.3 Å². The van der Waals surface area contributed by atoms with Gasteiger partial charge in [-0.3, -0.25) is 9.58 Å². The van der Waals surface area contributed by atoms with Crippen molar-refractivity contribution in [2.24, 2.45) is 13.0 Å². The van der Waals surface area contributed by atoms with E-state index in [2.05, 4.69) is 16.2 Å². The van der Waals surface area contributed by atoms with Crippen molar-refractivity contribution in [1.29, 1.82) is 0 Å². The van der Waals surface area contributed by atoms with Crippen LogP contribution < -0.4 is 0 Å². The fourth-order valence-electron chi connectivity index (χ4n) is 3.47. The zero-order valence-corrected chi connectivity index (χ0v) is 13.8. The molecule has 3 rings (SSSR count). The molecule has 1 aromatic carbocycles. The number of methoxy groups -OCH3 is 1. The Morgan fingerprint density at radius 1 is 1.26 bits per heavy atom. The highest BCUT2D eigenvalue weighted by atomic mass is 19.1. The van der Waals surface area contributed by atoms with Crippen LogP contribution in [0.4, 0.5) is 4.39 Å². The Morgan fingerprint density at radius 2 is 2.04 bits per heavy atom. The third-order valence-corrected chi connectivity index (χ3v) is 4.63. The molecule has 0 saturated carbocycles. The standard InChI is InChI=1S/C18H24FN3O/c1-21-11-15(10-20-21)12-22-8-7-18(23-2)16(13-22)9-14-3-5-17(19)6-4-14/h3-6,10-11,16,18H,7-9,12-13H2,1-2H3/t16-,18-/m1/s1. The van der Waals surface area contributed by atoms with Crippen molar-refractivity contribution in [3.8, 4) is 0 Å². The molecule has 1 fully saturated rings. The number of likely N-dealkylation sites (tertiary alicyclic amines) is 1. The molecule has 0 aliphatic carbocycles. The monoisotopic (exact) mass is 317 g/mol. The van der Waals surface area contributed by atoms with Crippen molar-refractivity contribution in [3.05, 3.63) is 53.6 Å². The van der Waals surface area contributed by atoms with E-state index in [0.29, 0.717) is 5.92 Å². The first-order valence-electron chi connectivity index (χ1n) is 8.11. The fraction of sp³-hybridized carbons (Fsp3) is 0.500. The summed E-state index contributed by atoms with van der Waals surface area (Å²) in [6.07, 6.45) is 6.21. The molecule has 0 bridgehead atoms. The minimum Gasteiger partial charge on any atom is -0.381 e. The number of nitrogens with zero attached hydrogens (tertiary/aromatic N) is 3. The number of rotatable bonds is 5. The van der Waals surface area contributed by atoms with Crippen LogP contribution in [0.15, 0.2) is 36.7 Å². The summed E-state index contributed by atoms with van der Waals surface area (Å²) in [6, 6.07) is 6.82. The van der Waals surface area contributed by atoms with Crippen LogP contribution in [0.3, 0.4) is 0 Å². The summed E-state index contributed by atoms with van der Waals surface area (Å²) >= 11 is 0. The van der Waals surface area contributed by atoms with Crippen LogP contribution in [-0.2, 0) is 24.8 Å². The molecule has 5 heteroatoms. The smallest absolute Gasteiger partial charge is 0.123 e. The van der Waals surface area contributed by atoms with Gasteiger partial charge in [0.15, 0.2) is 0 Å². The number of hydrogen-bond donors (Lipinski definition) is 0. The number of halogens is 1. The number of aromatic nitrogens is 2. The highest BCUT2D eigenvalue weighted by Crippen LogP contribution is 2.25. The van der Waals surface area contributed by atoms with E-state index < -0.39 is 0 Å². The lowest BCUT2D eigenvalue weighted by atomic mass is 9.88. The quantitative estimate of drug-likeness (QED) is 0.849. The summed E-state index contributed by atoms with van der Waals surface area (Å²) in [5.41, 5.74) is 2.41. The Hall–Kier alpha value is -1.72.